The molecule has 0 aliphatic heterocycles. The molecule has 0 spiro atoms. The van der Waals surface area contributed by atoms with E-state index >= 15 is 0 Å². The number of carbonyl (C=O) groups is 10. The van der Waals surface area contributed by atoms with Crippen molar-refractivity contribution in [3.63, 3.8) is 0 Å². The number of benzene rings is 4. The molecule has 4 aromatic rings. The SMILES string of the molecule is CC.CC.CC.CC.CNC(=O)C(CO)CC(=O)[C@@H](N)Cc1ccc(O)cc1.CNCCCC[C@H](N)C(=O)N[C@@H](Cc1ccc(O)cc1)C(=O)CN[C@@H](CO)C(C)=O.CNCCCC[C@H](NC(=O)[C@H](CO)NCC(=O)[C@@H](N)Cc1ccc(O)cc1)C(C)=O.CN[C@@H](Cc1ccc(O)cc1)C(=O)C[C@@H](CO)C(C)=O. The number of unbranched alkanes of at least 4 members (excludes halogenated alkanes) is 2. The largest absolute Gasteiger partial charge is 0.508 e. The molecule has 612 valence electrons. The Kier molecular flexibility index (Phi) is 64.6. The molecule has 108 heavy (non-hydrogen) atoms. The fourth-order valence-electron chi connectivity index (χ4n) is 9.57. The van der Waals surface area contributed by atoms with Crippen LogP contribution in [-0.2, 0) is 73.6 Å². The van der Waals surface area contributed by atoms with Crippen LogP contribution in [-0.4, -0.2) is 228 Å². The van der Waals surface area contributed by atoms with Crippen molar-refractivity contribution in [3.05, 3.63) is 119 Å². The molecule has 0 aliphatic rings. The van der Waals surface area contributed by atoms with Crippen molar-refractivity contribution in [1.82, 2.24) is 42.5 Å². The second kappa shape index (κ2) is 65.8. The lowest BCUT2D eigenvalue weighted by molar-refractivity contribution is -0.130. The van der Waals surface area contributed by atoms with Gasteiger partial charge in [-0.25, -0.2) is 0 Å². The third kappa shape index (κ3) is 48.2. The first-order valence-corrected chi connectivity index (χ1v) is 37.2. The first kappa shape index (κ1) is 106. The van der Waals surface area contributed by atoms with E-state index in [-0.39, 0.29) is 115 Å². The summed E-state index contributed by atoms with van der Waals surface area (Å²) in [5.41, 5.74) is 21.0. The second-order valence-electron chi connectivity index (χ2n) is 24.2. The summed E-state index contributed by atoms with van der Waals surface area (Å²) in [6, 6.07) is 19.8. The number of aliphatic hydroxyl groups excluding tert-OH is 4. The van der Waals surface area contributed by atoms with Gasteiger partial charge in [0.05, 0.1) is 87.7 Å². The molecule has 22 N–H and O–H groups in total. The Bertz CT molecular complexity index is 3090. The molecule has 0 aliphatic carbocycles. The first-order chi connectivity index (χ1) is 51.5. The minimum absolute atomic E-state index is 0.0371. The van der Waals surface area contributed by atoms with E-state index in [1.165, 1.54) is 64.2 Å². The number of Topliss-reactive ketones (excluding diaryl/α,β-unsaturated/α-hetero) is 7. The summed E-state index contributed by atoms with van der Waals surface area (Å²) in [7, 11) is 6.84. The van der Waals surface area contributed by atoms with Crippen LogP contribution in [0.1, 0.15) is 150 Å². The Labute approximate surface area is 640 Å². The van der Waals surface area contributed by atoms with Crippen LogP contribution < -0.4 is 59.7 Å². The van der Waals surface area contributed by atoms with Crippen molar-refractivity contribution in [2.75, 3.05) is 80.8 Å². The Hall–Kier alpha value is -8.30. The number of phenolic OH excluding ortho intramolecular Hbond substituents is 4. The smallest absolute Gasteiger partial charge is 0.240 e. The molecule has 0 radical (unpaired) electrons. The van der Waals surface area contributed by atoms with Crippen LogP contribution in [0.25, 0.3) is 0 Å². The molecule has 1 unspecified atom stereocenters. The summed E-state index contributed by atoms with van der Waals surface area (Å²) >= 11 is 0. The maximum absolute atomic E-state index is 12.7. The fourth-order valence-corrected chi connectivity index (χ4v) is 9.57. The van der Waals surface area contributed by atoms with E-state index in [2.05, 4.69) is 42.5 Å². The predicted molar refractivity (Wildman–Crippen MR) is 423 cm³/mol. The zero-order chi connectivity index (χ0) is 83.3. The summed E-state index contributed by atoms with van der Waals surface area (Å²) < 4.78 is 0. The van der Waals surface area contributed by atoms with Crippen LogP contribution in [0, 0.1) is 11.8 Å². The van der Waals surface area contributed by atoms with Gasteiger partial charge in [-0.3, -0.25) is 58.6 Å². The molecule has 10 atom stereocenters. The van der Waals surface area contributed by atoms with Crippen LogP contribution in [0.5, 0.6) is 23.0 Å². The maximum Gasteiger partial charge on any atom is 0.240 e. The van der Waals surface area contributed by atoms with Crippen molar-refractivity contribution in [3.8, 4) is 23.0 Å². The number of carbonyl (C=O) groups excluding carboxylic acids is 10. The van der Waals surface area contributed by atoms with Gasteiger partial charge in [0.25, 0.3) is 0 Å². The molecule has 29 heteroatoms. The van der Waals surface area contributed by atoms with E-state index < -0.39 is 91.8 Å². The van der Waals surface area contributed by atoms with Gasteiger partial charge in [-0.15, -0.1) is 0 Å². The number of rotatable bonds is 45. The van der Waals surface area contributed by atoms with Crippen LogP contribution in [0.15, 0.2) is 97.1 Å². The number of hydrogen-bond acceptors (Lipinski definition) is 26. The van der Waals surface area contributed by atoms with Crippen LogP contribution in [0.2, 0.25) is 0 Å². The molecule has 29 nitrogen and oxygen atoms in total. The van der Waals surface area contributed by atoms with Gasteiger partial charge in [0.15, 0.2) is 28.9 Å². The quantitative estimate of drug-likeness (QED) is 0.0283. The van der Waals surface area contributed by atoms with Gasteiger partial charge in [0.1, 0.15) is 40.6 Å². The summed E-state index contributed by atoms with van der Waals surface area (Å²) in [4.78, 5) is 120. The topological polar surface area (TPSA) is 507 Å². The molecular weight excluding hydrogens is 1390 g/mol. The van der Waals surface area contributed by atoms with E-state index in [1.54, 1.807) is 67.7 Å². The Balaban J connectivity index is -0.000000656. The highest BCUT2D eigenvalue weighted by molar-refractivity contribution is 5.94. The number of likely N-dealkylation sites (N-methyl/N-ethyl adjacent to an activating group) is 1. The third-order valence-electron chi connectivity index (χ3n) is 16.1. The highest BCUT2D eigenvalue weighted by Crippen LogP contribution is 2.17. The summed E-state index contributed by atoms with van der Waals surface area (Å²) in [5.74, 6) is -3.82. The second-order valence-corrected chi connectivity index (χ2v) is 24.2. The standard InChI is InChI=1S/2C21H34N4O5.C15H21NO4.C14H20N2O4.4C2H6/c1-14(27)18(5-3-4-10-23-2)25-21(30)19(13-26)24-12-20(29)17(22)11-15-6-8-16(28)9-7-15;1-14(27)19(13-26)24-12-20(29)18(11-15-6-8-16(28)9-7-15)25-21(30)17(22)5-3-4-10-23-2;1-10(18)12(9-17)8-15(20)14(16-2)7-11-3-5-13(19)6-4-11;1-16-14(20)10(8-17)7-13(19)12(15)6-9-2-4-11(18)5-3-9;4*1-2/h2*6-9,17-19,23-24,26,28H,3-5,10-13,22H2,1-2H3,(H,25,30);3-6,12,14,16-17,19H,7-9H2,1-2H3;2-5,10,12,17-18H,6-8,15H2,1H3,(H,16,20);4*1-2H3/t2*17-,18-,19-;12-,14-;10?,12-;;;;/m0000..../s1. The highest BCUT2D eigenvalue weighted by Gasteiger charge is 2.29. The van der Waals surface area contributed by atoms with Gasteiger partial charge in [-0.05, 0) is 184 Å². The van der Waals surface area contributed by atoms with Gasteiger partial charge in [-0.1, -0.05) is 110 Å². The predicted octanol–water partition coefficient (Wildman–Crippen LogP) is 2.85. The molecule has 0 fully saturated rings. The fraction of sp³-hybridized carbons (Fsp3) is 0.570. The zero-order valence-corrected chi connectivity index (χ0v) is 66.5. The normalized spacial score (nSPS) is 13.1. The minimum Gasteiger partial charge on any atom is -0.508 e. The number of amides is 3. The average molecular weight is 1520 g/mol. The molecule has 0 saturated carbocycles. The van der Waals surface area contributed by atoms with Crippen LogP contribution >= 0.6 is 0 Å². The van der Waals surface area contributed by atoms with Gasteiger partial charge < -0.3 is 90.0 Å². The van der Waals surface area contributed by atoms with E-state index in [4.69, 9.17) is 32.5 Å². The molecular formula is C79H133N11O18. The summed E-state index contributed by atoms with van der Waals surface area (Å²) in [6.07, 6.45) is 5.59. The summed E-state index contributed by atoms with van der Waals surface area (Å²) in [6.45, 7) is 19.8. The lowest BCUT2D eigenvalue weighted by Gasteiger charge is -2.22. The summed E-state index contributed by atoms with van der Waals surface area (Å²) in [5, 5.41) is 96.3. The third-order valence-corrected chi connectivity index (χ3v) is 16.1. The van der Waals surface area contributed by atoms with Gasteiger partial charge in [-0.2, -0.15) is 0 Å². The number of aromatic hydroxyl groups is 4. The Morgan fingerprint density at radius 2 is 0.704 bits per heavy atom. The molecule has 4 aromatic carbocycles. The molecule has 4 rings (SSSR count). The molecule has 3 amide bonds. The van der Waals surface area contributed by atoms with Crippen LogP contribution in [0.3, 0.4) is 0 Å². The Morgan fingerprint density at radius 1 is 0.352 bits per heavy atom. The van der Waals surface area contributed by atoms with Crippen molar-refractivity contribution >= 4 is 58.2 Å². The van der Waals surface area contributed by atoms with E-state index in [0.29, 0.717) is 25.7 Å². The zero-order valence-electron chi connectivity index (χ0n) is 66.5. The number of phenols is 4. The van der Waals surface area contributed by atoms with Gasteiger partial charge in [0, 0.05) is 25.8 Å². The molecule has 0 aromatic heterocycles. The van der Waals surface area contributed by atoms with Crippen molar-refractivity contribution < 1.29 is 88.8 Å². The Morgan fingerprint density at radius 3 is 1.06 bits per heavy atom. The minimum atomic E-state index is -1.02. The number of aliphatic hydroxyl groups is 4. The molecule has 0 bridgehead atoms. The number of nitrogens with one attached hydrogen (secondary N) is 8. The monoisotopic (exact) mass is 1520 g/mol. The van der Waals surface area contributed by atoms with Crippen molar-refractivity contribution in [2.24, 2.45) is 29.0 Å². The lowest BCUT2D eigenvalue weighted by atomic mass is 9.93. The van der Waals surface area contributed by atoms with E-state index in [0.717, 1.165) is 61.0 Å². The van der Waals surface area contributed by atoms with E-state index in [1.807, 2.05) is 69.5 Å². The molecule has 0 heterocycles. The van der Waals surface area contributed by atoms with Crippen molar-refractivity contribution in [1.29, 1.82) is 0 Å². The van der Waals surface area contributed by atoms with Gasteiger partial charge in [0.2, 0.25) is 17.7 Å². The van der Waals surface area contributed by atoms with Crippen molar-refractivity contribution in [2.45, 2.75) is 202 Å². The number of hydrogen-bond donors (Lipinski definition) is 19. The number of ketones is 7. The van der Waals surface area contributed by atoms with E-state index in [9.17, 15) is 73.5 Å². The maximum atomic E-state index is 12.7. The van der Waals surface area contributed by atoms with Crippen LogP contribution in [0.4, 0.5) is 0 Å². The van der Waals surface area contributed by atoms with Gasteiger partial charge >= 0.3 is 0 Å². The molecule has 0 saturated heterocycles. The average Bonchev–Trinajstić information content (AvgIpc) is 0.900. The highest BCUT2D eigenvalue weighted by atomic mass is 16.3. The first-order valence-electron chi connectivity index (χ1n) is 37.2. The number of nitrogens with two attached hydrogens (primary N) is 3. The lowest BCUT2D eigenvalue weighted by Crippen LogP contribution is -2.53.